The first kappa shape index (κ1) is 16.2. The van der Waals surface area contributed by atoms with Crippen LogP contribution in [0.15, 0.2) is 36.0 Å². The number of imide groups is 2. The van der Waals surface area contributed by atoms with E-state index in [1.165, 1.54) is 18.2 Å². The van der Waals surface area contributed by atoms with Gasteiger partial charge in [-0.2, -0.15) is 4.79 Å². The summed E-state index contributed by atoms with van der Waals surface area (Å²) >= 11 is 0. The molecule has 2 N–H and O–H groups in total. The van der Waals surface area contributed by atoms with Crippen LogP contribution < -0.4 is 5.84 Å². The second-order valence-electron chi connectivity index (χ2n) is 4.77. The molecule has 0 aromatic heterocycles. The van der Waals surface area contributed by atoms with Gasteiger partial charge in [0.05, 0.1) is 6.42 Å². The minimum atomic E-state index is -0.724. The Hall–Kier alpha value is -3.16. The van der Waals surface area contributed by atoms with Crippen LogP contribution in [0.5, 0.6) is 0 Å². The fourth-order valence-electron chi connectivity index (χ4n) is 2.00. The summed E-state index contributed by atoms with van der Waals surface area (Å²) in [5, 5.41) is 0.440. The van der Waals surface area contributed by atoms with Crippen molar-refractivity contribution in [2.75, 3.05) is 6.54 Å². The third kappa shape index (κ3) is 3.54. The molecule has 0 unspecified atom stereocenters. The van der Waals surface area contributed by atoms with Gasteiger partial charge in [-0.05, 0) is 6.08 Å². The van der Waals surface area contributed by atoms with Crippen molar-refractivity contribution in [3.63, 3.8) is 0 Å². The van der Waals surface area contributed by atoms with Gasteiger partial charge in [0.2, 0.25) is 5.91 Å². The molecule has 2 rings (SSSR count). The standard InChI is InChI=1S/C14H13N5O4/c15-17-10-3-1-9(2-4-10)14(23)19(16)13(22)7-8-18-11(20)5-6-12(18)21/h1-3,5-6H,4,7-8,16H2. The molecule has 9 heteroatoms. The lowest BCUT2D eigenvalue weighted by Crippen LogP contribution is -2.45. The molecule has 0 aromatic rings. The van der Waals surface area contributed by atoms with Crippen molar-refractivity contribution in [1.29, 1.82) is 0 Å². The van der Waals surface area contributed by atoms with Gasteiger partial charge in [-0.1, -0.05) is 6.08 Å². The van der Waals surface area contributed by atoms with Gasteiger partial charge in [-0.25, -0.2) is 10.9 Å². The van der Waals surface area contributed by atoms with Crippen LogP contribution in [-0.4, -0.2) is 50.6 Å². The third-order valence-electron chi connectivity index (χ3n) is 3.30. The fourth-order valence-corrected chi connectivity index (χ4v) is 2.00. The topological polar surface area (TPSA) is 137 Å². The number of nitrogens with zero attached hydrogens (tertiary/aromatic N) is 4. The zero-order chi connectivity index (χ0) is 17.0. The largest absolute Gasteiger partial charge is 0.361 e. The molecule has 0 aromatic carbocycles. The summed E-state index contributed by atoms with van der Waals surface area (Å²) in [6, 6.07) is 0. The molecular weight excluding hydrogens is 302 g/mol. The molecule has 0 saturated carbocycles. The predicted molar refractivity (Wildman–Crippen MR) is 77.0 cm³/mol. The molecule has 4 amide bonds. The van der Waals surface area contributed by atoms with E-state index in [0.29, 0.717) is 10.7 Å². The molecule has 9 nitrogen and oxygen atoms in total. The maximum absolute atomic E-state index is 12.1. The van der Waals surface area contributed by atoms with E-state index < -0.39 is 23.6 Å². The quantitative estimate of drug-likeness (QED) is 0.179. The zero-order valence-corrected chi connectivity index (χ0v) is 12.0. The lowest BCUT2D eigenvalue weighted by Gasteiger charge is -2.18. The number of hydrazine groups is 1. The summed E-state index contributed by atoms with van der Waals surface area (Å²) < 4.78 is 0. The third-order valence-corrected chi connectivity index (χ3v) is 3.30. The molecule has 0 spiro atoms. The zero-order valence-electron chi connectivity index (χ0n) is 12.0. The van der Waals surface area contributed by atoms with Crippen molar-refractivity contribution in [1.82, 2.24) is 9.91 Å². The van der Waals surface area contributed by atoms with Gasteiger partial charge in [0.15, 0.2) is 0 Å². The summed E-state index contributed by atoms with van der Waals surface area (Å²) in [6.45, 7) is -0.152. The van der Waals surface area contributed by atoms with Gasteiger partial charge < -0.3 is 5.53 Å². The Bertz CT molecular complexity index is 709. The Morgan fingerprint density at radius 2 is 1.87 bits per heavy atom. The minimum absolute atomic E-state index is 0.152. The highest BCUT2D eigenvalue weighted by Gasteiger charge is 2.27. The lowest BCUT2D eigenvalue weighted by molar-refractivity contribution is -0.143. The van der Waals surface area contributed by atoms with Crippen molar-refractivity contribution in [3.8, 4) is 0 Å². The first-order chi connectivity index (χ1) is 10.9. The first-order valence-electron chi connectivity index (χ1n) is 6.68. The number of hydrogen-bond acceptors (Lipinski definition) is 5. The number of amides is 4. The molecule has 0 saturated heterocycles. The van der Waals surface area contributed by atoms with E-state index in [4.69, 9.17) is 11.4 Å². The number of hydrogen-bond donors (Lipinski definition) is 1. The highest BCUT2D eigenvalue weighted by molar-refractivity contribution is 6.13. The minimum Gasteiger partial charge on any atom is -0.361 e. The molecule has 1 aliphatic heterocycles. The molecule has 118 valence electrons. The Morgan fingerprint density at radius 1 is 1.22 bits per heavy atom. The van der Waals surface area contributed by atoms with E-state index in [2.05, 4.69) is 4.79 Å². The Balaban J connectivity index is 1.92. The SMILES string of the molecule is [N-]=[N+]=C1C=CC(C(=O)N(N)C(=O)CCN2C(=O)C=CC2=O)=CC1. The first-order valence-corrected chi connectivity index (χ1v) is 6.68. The summed E-state index contributed by atoms with van der Waals surface area (Å²) in [5.41, 5.74) is 9.15. The molecule has 0 atom stereocenters. The normalized spacial score (nSPS) is 16.5. The number of allylic oxidation sites excluding steroid dienone is 2. The van der Waals surface area contributed by atoms with E-state index in [1.807, 2.05) is 0 Å². The summed E-state index contributed by atoms with van der Waals surface area (Å²) in [4.78, 5) is 50.6. The van der Waals surface area contributed by atoms with Crippen LogP contribution >= 0.6 is 0 Å². The van der Waals surface area contributed by atoms with E-state index in [0.717, 1.165) is 17.1 Å². The lowest BCUT2D eigenvalue weighted by atomic mass is 10.0. The Kier molecular flexibility index (Phi) is 4.75. The average Bonchev–Trinajstić information content (AvgIpc) is 2.89. The molecule has 1 aliphatic carbocycles. The highest BCUT2D eigenvalue weighted by Crippen LogP contribution is 2.11. The molecule has 0 bridgehead atoms. The Morgan fingerprint density at radius 3 is 2.39 bits per heavy atom. The van der Waals surface area contributed by atoms with Crippen LogP contribution in [0, 0.1) is 0 Å². The number of nitrogens with two attached hydrogens (primary N) is 1. The van der Waals surface area contributed by atoms with Crippen LogP contribution in [0.3, 0.4) is 0 Å². The van der Waals surface area contributed by atoms with Crippen LogP contribution in [0.2, 0.25) is 0 Å². The Labute approximate surface area is 130 Å². The van der Waals surface area contributed by atoms with E-state index in [1.54, 1.807) is 0 Å². The van der Waals surface area contributed by atoms with E-state index in [-0.39, 0.29) is 25.0 Å². The number of carbonyl (C=O) groups excluding carboxylic acids is 4. The maximum atomic E-state index is 12.1. The fraction of sp³-hybridized carbons (Fsp3) is 0.214. The molecule has 23 heavy (non-hydrogen) atoms. The second-order valence-corrected chi connectivity index (χ2v) is 4.77. The van der Waals surface area contributed by atoms with Crippen molar-refractivity contribution in [2.24, 2.45) is 5.84 Å². The van der Waals surface area contributed by atoms with E-state index in [9.17, 15) is 19.2 Å². The van der Waals surface area contributed by atoms with Gasteiger partial charge in [0.1, 0.15) is 0 Å². The van der Waals surface area contributed by atoms with Crippen molar-refractivity contribution in [3.05, 3.63) is 41.5 Å². The molecule has 0 radical (unpaired) electrons. The van der Waals surface area contributed by atoms with Gasteiger partial charge in [-0.3, -0.25) is 24.1 Å². The number of carbonyl (C=O) groups is 4. The molecule has 1 heterocycles. The summed E-state index contributed by atoms with van der Waals surface area (Å²) in [5.74, 6) is 3.03. The summed E-state index contributed by atoms with van der Waals surface area (Å²) in [6.07, 6.45) is 6.47. The van der Waals surface area contributed by atoms with Gasteiger partial charge in [-0.15, -0.1) is 0 Å². The smallest absolute Gasteiger partial charge is 0.295 e. The maximum Gasteiger partial charge on any atom is 0.295 e. The van der Waals surface area contributed by atoms with Crippen molar-refractivity contribution in [2.45, 2.75) is 12.8 Å². The van der Waals surface area contributed by atoms with Crippen LogP contribution in [0.4, 0.5) is 0 Å². The van der Waals surface area contributed by atoms with Gasteiger partial charge in [0, 0.05) is 36.8 Å². The average molecular weight is 315 g/mol. The predicted octanol–water partition coefficient (Wildman–Crippen LogP) is -0.912. The van der Waals surface area contributed by atoms with Gasteiger partial charge in [0.25, 0.3) is 23.4 Å². The summed E-state index contributed by atoms with van der Waals surface area (Å²) in [7, 11) is 0. The molecule has 2 aliphatic rings. The highest BCUT2D eigenvalue weighted by atomic mass is 16.2. The molecular formula is C14H13N5O4. The van der Waals surface area contributed by atoms with Crippen LogP contribution in [-0.2, 0) is 19.2 Å². The van der Waals surface area contributed by atoms with Crippen LogP contribution in [0.1, 0.15) is 12.8 Å². The number of rotatable bonds is 4. The van der Waals surface area contributed by atoms with Crippen molar-refractivity contribution >= 4 is 29.3 Å². The van der Waals surface area contributed by atoms with E-state index >= 15 is 0 Å². The second kappa shape index (κ2) is 6.73. The van der Waals surface area contributed by atoms with Crippen LogP contribution in [0.25, 0.3) is 5.53 Å². The molecule has 0 fully saturated rings. The van der Waals surface area contributed by atoms with Crippen molar-refractivity contribution < 1.29 is 24.0 Å². The van der Waals surface area contributed by atoms with Gasteiger partial charge >= 0.3 is 0 Å². The monoisotopic (exact) mass is 315 g/mol.